The van der Waals surface area contributed by atoms with Crippen LogP contribution in [0.15, 0.2) is 28.7 Å². The highest BCUT2D eigenvalue weighted by Gasteiger charge is 2.51. The molecule has 0 bridgehead atoms. The average Bonchev–Trinajstić information content (AvgIpc) is 2.92. The summed E-state index contributed by atoms with van der Waals surface area (Å²) in [6, 6.07) is 8.02. The van der Waals surface area contributed by atoms with Crippen LogP contribution in [-0.4, -0.2) is 54.8 Å². The average molecular weight is 501 g/mol. The number of ether oxygens (including phenoxy) is 1. The number of halogens is 1. The third-order valence-electron chi connectivity index (χ3n) is 6.19. The van der Waals surface area contributed by atoms with Gasteiger partial charge in [-0.15, -0.1) is 0 Å². The van der Waals surface area contributed by atoms with Gasteiger partial charge in [-0.1, -0.05) is 48.8 Å². The molecule has 1 heterocycles. The monoisotopic (exact) mass is 499 g/mol. The predicted octanol–water partition coefficient (Wildman–Crippen LogP) is 5.75. The van der Waals surface area contributed by atoms with E-state index >= 15 is 0 Å². The van der Waals surface area contributed by atoms with Crippen LogP contribution in [0.3, 0.4) is 0 Å². The van der Waals surface area contributed by atoms with Crippen molar-refractivity contribution in [3.63, 3.8) is 0 Å². The molecule has 0 radical (unpaired) electrons. The fraction of sp³-hybridized carbons (Fsp3) is 0.696. The molecule has 7 heteroatoms. The number of aliphatic hydroxyl groups is 1. The topological polar surface area (TPSA) is 59.0 Å². The van der Waals surface area contributed by atoms with Gasteiger partial charge in [-0.05, 0) is 63.0 Å². The molecule has 1 aromatic rings. The van der Waals surface area contributed by atoms with E-state index in [2.05, 4.69) is 49.8 Å². The lowest BCUT2D eigenvalue weighted by Gasteiger charge is -2.38. The Kier molecular flexibility index (Phi) is 7.55. The third-order valence-corrected chi connectivity index (χ3v) is 11.3. The summed E-state index contributed by atoms with van der Waals surface area (Å²) in [5.41, 5.74) is -0.286. The number of amides is 1. The number of hydrogen-bond donors (Lipinski definition) is 1. The van der Waals surface area contributed by atoms with Crippen LogP contribution in [0.1, 0.15) is 53.5 Å². The maximum absolute atomic E-state index is 13.1. The molecule has 2 rings (SSSR count). The first-order valence-corrected chi connectivity index (χ1v) is 14.3. The van der Waals surface area contributed by atoms with Crippen LogP contribution in [0.2, 0.25) is 18.1 Å². The van der Waals surface area contributed by atoms with Crippen molar-refractivity contribution in [2.24, 2.45) is 0 Å². The molecule has 5 nitrogen and oxygen atoms in total. The zero-order valence-corrected chi connectivity index (χ0v) is 22.3. The van der Waals surface area contributed by atoms with E-state index in [0.717, 1.165) is 10.0 Å². The molecular formula is C23H38BrNO4Si. The van der Waals surface area contributed by atoms with Crippen molar-refractivity contribution in [2.75, 3.05) is 13.2 Å². The first-order chi connectivity index (χ1) is 13.6. The van der Waals surface area contributed by atoms with Crippen molar-refractivity contribution >= 4 is 30.3 Å². The Balaban J connectivity index is 2.35. The molecule has 2 atom stereocenters. The minimum atomic E-state index is -2.02. The number of benzene rings is 1. The second-order valence-electron chi connectivity index (χ2n) is 11.0. The zero-order chi connectivity index (χ0) is 23.0. The smallest absolute Gasteiger partial charge is 0.410 e. The molecule has 1 fully saturated rings. The minimum absolute atomic E-state index is 0.0694. The SMILES string of the molecule is CC(C)(C)OC(=O)N1C[C@@H](O[Si](C)(C)C(C)(C)C)C[C@]1(CO)Cc1ccc(Br)cc1. The lowest BCUT2D eigenvalue weighted by molar-refractivity contribution is -0.00476. The highest BCUT2D eigenvalue weighted by molar-refractivity contribution is 9.10. The number of likely N-dealkylation sites (tertiary alicyclic amines) is 1. The number of carbonyl (C=O) groups is 1. The molecule has 1 aliphatic heterocycles. The molecule has 0 aliphatic carbocycles. The number of nitrogens with zero attached hydrogens (tertiary/aromatic N) is 1. The highest BCUT2D eigenvalue weighted by atomic mass is 79.9. The van der Waals surface area contributed by atoms with Crippen LogP contribution in [0.4, 0.5) is 4.79 Å². The van der Waals surface area contributed by atoms with E-state index in [1.165, 1.54) is 0 Å². The highest BCUT2D eigenvalue weighted by Crippen LogP contribution is 2.42. The Labute approximate surface area is 191 Å². The molecular weight excluding hydrogens is 462 g/mol. The van der Waals surface area contributed by atoms with Crippen LogP contribution >= 0.6 is 15.9 Å². The van der Waals surface area contributed by atoms with Gasteiger partial charge in [0.05, 0.1) is 18.2 Å². The number of carbonyl (C=O) groups excluding carboxylic acids is 1. The van der Waals surface area contributed by atoms with Gasteiger partial charge in [0.1, 0.15) is 5.60 Å². The molecule has 1 N–H and O–H groups in total. The van der Waals surface area contributed by atoms with E-state index in [1.54, 1.807) is 4.90 Å². The van der Waals surface area contributed by atoms with Gasteiger partial charge in [0.25, 0.3) is 0 Å². The largest absolute Gasteiger partial charge is 0.444 e. The molecule has 1 saturated heterocycles. The van der Waals surface area contributed by atoms with Gasteiger partial charge in [0.15, 0.2) is 8.32 Å². The molecule has 1 aliphatic rings. The molecule has 0 saturated carbocycles. The summed E-state index contributed by atoms with van der Waals surface area (Å²) in [5.74, 6) is 0. The van der Waals surface area contributed by atoms with Crippen molar-refractivity contribution in [3.05, 3.63) is 34.3 Å². The van der Waals surface area contributed by atoms with Gasteiger partial charge in [0, 0.05) is 17.4 Å². The van der Waals surface area contributed by atoms with Gasteiger partial charge < -0.3 is 14.3 Å². The van der Waals surface area contributed by atoms with Gasteiger partial charge in [-0.25, -0.2) is 4.79 Å². The predicted molar refractivity (Wildman–Crippen MR) is 127 cm³/mol. The van der Waals surface area contributed by atoms with E-state index in [4.69, 9.17) is 9.16 Å². The first-order valence-electron chi connectivity index (χ1n) is 10.6. The summed E-state index contributed by atoms with van der Waals surface area (Å²) in [5, 5.41) is 10.6. The summed E-state index contributed by atoms with van der Waals surface area (Å²) < 4.78 is 13.4. The summed E-state index contributed by atoms with van der Waals surface area (Å²) in [7, 11) is -2.02. The van der Waals surface area contributed by atoms with Crippen LogP contribution in [-0.2, 0) is 15.6 Å². The van der Waals surface area contributed by atoms with E-state index in [1.807, 2.05) is 45.0 Å². The lowest BCUT2D eigenvalue weighted by atomic mass is 9.88. The number of hydrogen-bond acceptors (Lipinski definition) is 4. The Morgan fingerprint density at radius 2 is 1.77 bits per heavy atom. The Morgan fingerprint density at radius 1 is 1.20 bits per heavy atom. The molecule has 30 heavy (non-hydrogen) atoms. The Hall–Kier alpha value is -0.893. The maximum Gasteiger partial charge on any atom is 0.410 e. The molecule has 1 aromatic carbocycles. The van der Waals surface area contributed by atoms with Crippen molar-refractivity contribution in [3.8, 4) is 0 Å². The Morgan fingerprint density at radius 3 is 2.23 bits per heavy atom. The van der Waals surface area contributed by atoms with Crippen LogP contribution in [0, 0.1) is 0 Å². The Bertz CT molecular complexity index is 739. The zero-order valence-electron chi connectivity index (χ0n) is 19.7. The van der Waals surface area contributed by atoms with Crippen molar-refractivity contribution in [1.82, 2.24) is 4.90 Å². The lowest BCUT2D eigenvalue weighted by Crippen LogP contribution is -2.53. The van der Waals surface area contributed by atoms with Gasteiger partial charge in [-0.2, -0.15) is 0 Å². The van der Waals surface area contributed by atoms with E-state index in [9.17, 15) is 9.90 Å². The van der Waals surface area contributed by atoms with E-state index < -0.39 is 25.6 Å². The first kappa shape index (κ1) is 25.4. The second-order valence-corrected chi connectivity index (χ2v) is 16.7. The molecule has 0 unspecified atom stereocenters. The summed E-state index contributed by atoms with van der Waals surface area (Å²) >= 11 is 3.47. The van der Waals surface area contributed by atoms with Crippen molar-refractivity contribution in [1.29, 1.82) is 0 Å². The minimum Gasteiger partial charge on any atom is -0.444 e. The van der Waals surface area contributed by atoms with Gasteiger partial charge in [-0.3, -0.25) is 4.90 Å². The van der Waals surface area contributed by atoms with Crippen molar-refractivity contribution in [2.45, 2.75) is 89.8 Å². The third kappa shape index (κ3) is 6.08. The summed E-state index contributed by atoms with van der Waals surface area (Å²) in [6.07, 6.45) is 0.620. The summed E-state index contributed by atoms with van der Waals surface area (Å²) in [6.45, 7) is 16.9. The second kappa shape index (κ2) is 8.92. The van der Waals surface area contributed by atoms with Crippen LogP contribution < -0.4 is 0 Å². The molecule has 1 amide bonds. The molecule has 0 spiro atoms. The number of rotatable bonds is 5. The standard InChI is InChI=1S/C23H38BrNO4Si/c1-21(2,3)28-20(27)25-15-19(29-30(7,8)22(4,5)6)14-23(25,16-26)13-17-9-11-18(24)12-10-17/h9-12,19,26H,13-16H2,1-8H3/t19-,23-/m0/s1. The fourth-order valence-electron chi connectivity index (χ4n) is 3.61. The van der Waals surface area contributed by atoms with E-state index in [0.29, 0.717) is 19.4 Å². The van der Waals surface area contributed by atoms with Crippen LogP contribution in [0.5, 0.6) is 0 Å². The number of aliphatic hydroxyl groups excluding tert-OH is 1. The summed E-state index contributed by atoms with van der Waals surface area (Å²) in [4.78, 5) is 14.8. The van der Waals surface area contributed by atoms with Gasteiger partial charge in [0.2, 0.25) is 0 Å². The van der Waals surface area contributed by atoms with Crippen molar-refractivity contribution < 1.29 is 19.1 Å². The molecule has 170 valence electrons. The van der Waals surface area contributed by atoms with E-state index in [-0.39, 0.29) is 17.7 Å². The maximum atomic E-state index is 13.1. The normalized spacial score (nSPS) is 23.0. The fourth-order valence-corrected chi connectivity index (χ4v) is 5.22. The van der Waals surface area contributed by atoms with Crippen LogP contribution in [0.25, 0.3) is 0 Å². The van der Waals surface area contributed by atoms with Gasteiger partial charge >= 0.3 is 6.09 Å². The molecule has 0 aromatic heterocycles. The quantitative estimate of drug-likeness (QED) is 0.523.